The summed E-state index contributed by atoms with van der Waals surface area (Å²) in [7, 11) is 0. The van der Waals surface area contributed by atoms with E-state index in [0.717, 1.165) is 31.1 Å². The van der Waals surface area contributed by atoms with Crippen molar-refractivity contribution in [3.05, 3.63) is 29.8 Å². The summed E-state index contributed by atoms with van der Waals surface area (Å²) in [6.07, 6.45) is 6.28. The smallest absolute Gasteiger partial charge is 0.119 e. The highest BCUT2D eigenvalue weighted by atomic mass is 16.5. The largest absolute Gasteiger partial charge is 0.494 e. The van der Waals surface area contributed by atoms with Gasteiger partial charge in [-0.15, -0.1) is 0 Å². The summed E-state index contributed by atoms with van der Waals surface area (Å²) in [4.78, 5) is 0. The third-order valence-corrected chi connectivity index (χ3v) is 3.75. The van der Waals surface area contributed by atoms with Gasteiger partial charge in [0.2, 0.25) is 0 Å². The molecule has 1 fully saturated rings. The SMILES string of the molecule is CCCOc1ccc(C(CC2CCC2)NN)cc1. The highest BCUT2D eigenvalue weighted by molar-refractivity contribution is 5.29. The summed E-state index contributed by atoms with van der Waals surface area (Å²) in [5, 5.41) is 0. The van der Waals surface area contributed by atoms with E-state index in [4.69, 9.17) is 10.6 Å². The van der Waals surface area contributed by atoms with Crippen LogP contribution < -0.4 is 16.0 Å². The predicted octanol–water partition coefficient (Wildman–Crippen LogP) is 3.17. The molecule has 1 aliphatic rings. The summed E-state index contributed by atoms with van der Waals surface area (Å²) in [6.45, 7) is 2.89. The van der Waals surface area contributed by atoms with E-state index in [2.05, 4.69) is 24.5 Å². The Kier molecular flexibility index (Phi) is 5.02. The van der Waals surface area contributed by atoms with Crippen LogP contribution in [0.2, 0.25) is 0 Å². The summed E-state index contributed by atoms with van der Waals surface area (Å²) < 4.78 is 5.59. The zero-order chi connectivity index (χ0) is 12.8. The van der Waals surface area contributed by atoms with Crippen molar-refractivity contribution in [2.45, 2.75) is 45.1 Å². The van der Waals surface area contributed by atoms with Crippen molar-refractivity contribution < 1.29 is 4.74 Å². The minimum atomic E-state index is 0.274. The molecule has 0 aliphatic heterocycles. The van der Waals surface area contributed by atoms with Crippen LogP contribution in [0.3, 0.4) is 0 Å². The lowest BCUT2D eigenvalue weighted by Gasteiger charge is -2.29. The Morgan fingerprint density at radius 1 is 1.33 bits per heavy atom. The Hall–Kier alpha value is -1.06. The Bertz CT molecular complexity index is 346. The number of hydrogen-bond acceptors (Lipinski definition) is 3. The van der Waals surface area contributed by atoms with E-state index in [1.54, 1.807) is 0 Å². The Morgan fingerprint density at radius 3 is 2.56 bits per heavy atom. The summed E-state index contributed by atoms with van der Waals surface area (Å²) >= 11 is 0. The lowest BCUT2D eigenvalue weighted by molar-refractivity contribution is 0.261. The molecule has 2 rings (SSSR count). The maximum Gasteiger partial charge on any atom is 0.119 e. The van der Waals surface area contributed by atoms with E-state index >= 15 is 0 Å². The third-order valence-electron chi connectivity index (χ3n) is 3.75. The number of ether oxygens (including phenoxy) is 1. The Morgan fingerprint density at radius 2 is 2.06 bits per heavy atom. The topological polar surface area (TPSA) is 47.3 Å². The van der Waals surface area contributed by atoms with Crippen LogP contribution in [0.15, 0.2) is 24.3 Å². The van der Waals surface area contributed by atoms with Gasteiger partial charge in [-0.05, 0) is 36.5 Å². The average molecular weight is 248 g/mol. The minimum Gasteiger partial charge on any atom is -0.494 e. The van der Waals surface area contributed by atoms with Crippen LogP contribution in [-0.2, 0) is 0 Å². The van der Waals surface area contributed by atoms with Gasteiger partial charge in [-0.25, -0.2) is 0 Å². The fraction of sp³-hybridized carbons (Fsp3) is 0.600. The first-order valence-corrected chi connectivity index (χ1v) is 7.02. The first kappa shape index (κ1) is 13.4. The average Bonchev–Trinajstić information content (AvgIpc) is 2.36. The summed E-state index contributed by atoms with van der Waals surface area (Å²) in [5.74, 6) is 7.46. The predicted molar refractivity (Wildman–Crippen MR) is 74.3 cm³/mol. The van der Waals surface area contributed by atoms with Crippen LogP contribution in [0.4, 0.5) is 0 Å². The lowest BCUT2D eigenvalue weighted by atomic mass is 9.80. The molecule has 100 valence electrons. The molecule has 3 heteroatoms. The molecule has 0 bridgehead atoms. The second kappa shape index (κ2) is 6.76. The van der Waals surface area contributed by atoms with Gasteiger partial charge >= 0.3 is 0 Å². The standard InChI is InChI=1S/C15H24N2O/c1-2-10-18-14-8-6-13(7-9-14)15(17-16)11-12-4-3-5-12/h6-9,12,15,17H,2-5,10-11,16H2,1H3. The number of benzene rings is 1. The summed E-state index contributed by atoms with van der Waals surface area (Å²) in [5.41, 5.74) is 4.20. The van der Waals surface area contributed by atoms with Gasteiger partial charge in [-0.2, -0.15) is 0 Å². The van der Waals surface area contributed by atoms with Gasteiger partial charge in [0, 0.05) is 6.04 Å². The number of nitrogens with one attached hydrogen (secondary N) is 1. The van der Waals surface area contributed by atoms with E-state index in [-0.39, 0.29) is 6.04 Å². The van der Waals surface area contributed by atoms with E-state index in [9.17, 15) is 0 Å². The van der Waals surface area contributed by atoms with E-state index < -0.39 is 0 Å². The number of hydrazine groups is 1. The highest BCUT2D eigenvalue weighted by Gasteiger charge is 2.22. The molecule has 1 aromatic carbocycles. The quantitative estimate of drug-likeness (QED) is 0.575. The van der Waals surface area contributed by atoms with Crippen LogP contribution in [0.25, 0.3) is 0 Å². The van der Waals surface area contributed by atoms with Gasteiger partial charge in [0.05, 0.1) is 6.61 Å². The van der Waals surface area contributed by atoms with Crippen molar-refractivity contribution in [2.24, 2.45) is 11.8 Å². The van der Waals surface area contributed by atoms with E-state index in [1.807, 2.05) is 12.1 Å². The molecule has 0 aromatic heterocycles. The first-order chi connectivity index (χ1) is 8.83. The fourth-order valence-electron chi connectivity index (χ4n) is 2.38. The van der Waals surface area contributed by atoms with E-state index in [0.29, 0.717) is 0 Å². The van der Waals surface area contributed by atoms with Crippen LogP contribution >= 0.6 is 0 Å². The molecule has 1 aromatic rings. The molecule has 0 radical (unpaired) electrons. The van der Waals surface area contributed by atoms with E-state index in [1.165, 1.54) is 24.8 Å². The second-order valence-electron chi connectivity index (χ2n) is 5.17. The molecule has 1 atom stereocenters. The molecule has 1 aliphatic carbocycles. The van der Waals surface area contributed by atoms with Crippen molar-refractivity contribution in [1.29, 1.82) is 0 Å². The van der Waals surface area contributed by atoms with Gasteiger partial charge in [0.25, 0.3) is 0 Å². The molecule has 0 heterocycles. The minimum absolute atomic E-state index is 0.274. The second-order valence-corrected chi connectivity index (χ2v) is 5.17. The molecule has 18 heavy (non-hydrogen) atoms. The van der Waals surface area contributed by atoms with Crippen LogP contribution in [0.1, 0.15) is 50.6 Å². The fourth-order valence-corrected chi connectivity index (χ4v) is 2.38. The monoisotopic (exact) mass is 248 g/mol. The molecule has 3 N–H and O–H groups in total. The van der Waals surface area contributed by atoms with Crippen molar-refractivity contribution in [3.8, 4) is 5.75 Å². The van der Waals surface area contributed by atoms with Crippen molar-refractivity contribution in [1.82, 2.24) is 5.43 Å². The molecule has 1 saturated carbocycles. The van der Waals surface area contributed by atoms with Crippen LogP contribution in [0, 0.1) is 5.92 Å². The molecule has 0 amide bonds. The molecular weight excluding hydrogens is 224 g/mol. The molecule has 3 nitrogen and oxygen atoms in total. The van der Waals surface area contributed by atoms with Crippen LogP contribution in [-0.4, -0.2) is 6.61 Å². The Labute approximate surface area is 110 Å². The molecule has 0 saturated heterocycles. The molecule has 0 spiro atoms. The maximum absolute atomic E-state index is 5.67. The number of nitrogens with two attached hydrogens (primary N) is 1. The van der Waals surface area contributed by atoms with Gasteiger partial charge in [-0.3, -0.25) is 11.3 Å². The van der Waals surface area contributed by atoms with Crippen molar-refractivity contribution >= 4 is 0 Å². The Balaban J connectivity index is 1.92. The zero-order valence-corrected chi connectivity index (χ0v) is 11.2. The zero-order valence-electron chi connectivity index (χ0n) is 11.2. The normalized spacial score (nSPS) is 17.2. The van der Waals surface area contributed by atoms with Gasteiger partial charge in [-0.1, -0.05) is 38.3 Å². The number of rotatable bonds is 7. The van der Waals surface area contributed by atoms with Crippen molar-refractivity contribution in [2.75, 3.05) is 6.61 Å². The highest BCUT2D eigenvalue weighted by Crippen LogP contribution is 2.34. The maximum atomic E-state index is 5.67. The van der Waals surface area contributed by atoms with Crippen LogP contribution in [0.5, 0.6) is 5.75 Å². The van der Waals surface area contributed by atoms with Crippen molar-refractivity contribution in [3.63, 3.8) is 0 Å². The summed E-state index contributed by atoms with van der Waals surface area (Å²) in [6, 6.07) is 8.59. The van der Waals surface area contributed by atoms with Gasteiger partial charge < -0.3 is 4.74 Å². The number of hydrogen-bond donors (Lipinski definition) is 2. The first-order valence-electron chi connectivity index (χ1n) is 7.02. The molecule has 1 unspecified atom stereocenters. The lowest BCUT2D eigenvalue weighted by Crippen LogP contribution is -2.31. The van der Waals surface area contributed by atoms with Gasteiger partial charge in [0.1, 0.15) is 5.75 Å². The third kappa shape index (κ3) is 3.47. The molecular formula is C15H24N2O. The van der Waals surface area contributed by atoms with Gasteiger partial charge in [0.15, 0.2) is 0 Å².